The molecule has 2 aromatic rings. The second kappa shape index (κ2) is 8.39. The lowest BCUT2D eigenvalue weighted by atomic mass is 10.0. The predicted octanol–water partition coefficient (Wildman–Crippen LogP) is 3.36. The van der Waals surface area contributed by atoms with E-state index < -0.39 is 0 Å². The molecule has 1 aliphatic heterocycles. The highest BCUT2D eigenvalue weighted by atomic mass is 35.5. The van der Waals surface area contributed by atoms with Crippen LogP contribution in [0.4, 0.5) is 0 Å². The lowest BCUT2D eigenvalue weighted by Gasteiger charge is -2.11. The summed E-state index contributed by atoms with van der Waals surface area (Å²) in [6.45, 7) is 2.68. The van der Waals surface area contributed by atoms with Gasteiger partial charge in [0.15, 0.2) is 0 Å². The molecule has 0 aliphatic carbocycles. The molecule has 2 aromatic carbocycles. The molecule has 3 nitrogen and oxygen atoms in total. The minimum absolute atomic E-state index is 0. The van der Waals surface area contributed by atoms with Gasteiger partial charge in [0.25, 0.3) is 0 Å². The van der Waals surface area contributed by atoms with Crippen molar-refractivity contribution in [3.63, 3.8) is 0 Å². The summed E-state index contributed by atoms with van der Waals surface area (Å²) >= 11 is 1.76. The number of benzene rings is 2. The van der Waals surface area contributed by atoms with Crippen LogP contribution >= 0.6 is 24.2 Å². The van der Waals surface area contributed by atoms with Crippen LogP contribution in [-0.4, -0.2) is 23.6 Å². The molecule has 5 heteroatoms. The first kappa shape index (κ1) is 17.9. The number of nitrogens with one attached hydrogen (secondary N) is 2. The number of carbonyl (C=O) groups is 1. The maximum atomic E-state index is 12.0. The Balaban J connectivity index is 0.00000192. The lowest BCUT2D eigenvalue weighted by Crippen LogP contribution is -2.41. The van der Waals surface area contributed by atoms with E-state index in [-0.39, 0.29) is 24.4 Å². The number of carbonyl (C=O) groups excluding carboxylic acids is 1. The Labute approximate surface area is 147 Å². The standard InChI is InChI=1S/C18H20N2OS.ClH/c1-13-3-2-4-16(9-13)15-7-5-14(6-8-15)10-19-18(21)17-11-22-12-20-17;/h2-9,17,20H,10-12H2,1H3,(H,19,21);1H. The van der Waals surface area contributed by atoms with Gasteiger partial charge in [0.2, 0.25) is 5.91 Å². The highest BCUT2D eigenvalue weighted by molar-refractivity contribution is 7.99. The molecule has 0 spiro atoms. The Kier molecular flexibility index (Phi) is 6.51. The number of amides is 1. The van der Waals surface area contributed by atoms with Crippen LogP contribution in [0.25, 0.3) is 11.1 Å². The largest absolute Gasteiger partial charge is 0.351 e. The summed E-state index contributed by atoms with van der Waals surface area (Å²) in [5.74, 6) is 1.81. The zero-order valence-corrected chi connectivity index (χ0v) is 14.7. The molecule has 1 saturated heterocycles. The molecule has 0 saturated carbocycles. The third-order valence-corrected chi connectivity index (χ3v) is 4.74. The molecule has 0 aromatic heterocycles. The number of thioether (sulfide) groups is 1. The smallest absolute Gasteiger partial charge is 0.238 e. The van der Waals surface area contributed by atoms with E-state index >= 15 is 0 Å². The fourth-order valence-corrected chi connectivity index (χ4v) is 3.46. The average Bonchev–Trinajstić information content (AvgIpc) is 3.08. The minimum atomic E-state index is -0.0448. The maximum absolute atomic E-state index is 12.0. The highest BCUT2D eigenvalue weighted by Gasteiger charge is 2.21. The van der Waals surface area contributed by atoms with Crippen LogP contribution in [0.5, 0.6) is 0 Å². The van der Waals surface area contributed by atoms with Crippen LogP contribution in [0.3, 0.4) is 0 Å². The van der Waals surface area contributed by atoms with Gasteiger partial charge in [0.1, 0.15) is 0 Å². The Bertz CT molecular complexity index is 654. The molecule has 1 unspecified atom stereocenters. The number of rotatable bonds is 4. The van der Waals surface area contributed by atoms with Gasteiger partial charge in [-0.25, -0.2) is 0 Å². The van der Waals surface area contributed by atoms with Gasteiger partial charge in [-0.1, -0.05) is 54.1 Å². The Hall–Kier alpha value is -1.49. The number of halogens is 1. The number of aryl methyl sites for hydroxylation is 1. The van der Waals surface area contributed by atoms with Gasteiger partial charge in [-0.05, 0) is 23.6 Å². The van der Waals surface area contributed by atoms with Crippen molar-refractivity contribution in [1.29, 1.82) is 0 Å². The quantitative estimate of drug-likeness (QED) is 0.890. The molecule has 1 heterocycles. The van der Waals surface area contributed by atoms with Crippen molar-refractivity contribution in [2.75, 3.05) is 11.6 Å². The van der Waals surface area contributed by atoms with Crippen molar-refractivity contribution in [3.8, 4) is 11.1 Å². The van der Waals surface area contributed by atoms with Gasteiger partial charge in [-0.15, -0.1) is 24.2 Å². The summed E-state index contributed by atoms with van der Waals surface area (Å²) in [5, 5.41) is 6.17. The van der Waals surface area contributed by atoms with E-state index in [1.165, 1.54) is 16.7 Å². The summed E-state index contributed by atoms with van der Waals surface area (Å²) in [5.41, 5.74) is 4.81. The first-order valence-corrected chi connectivity index (χ1v) is 8.63. The highest BCUT2D eigenvalue weighted by Crippen LogP contribution is 2.20. The molecule has 0 bridgehead atoms. The second-order valence-electron chi connectivity index (χ2n) is 5.56. The van der Waals surface area contributed by atoms with Crippen molar-refractivity contribution in [2.45, 2.75) is 19.5 Å². The molecule has 122 valence electrons. The van der Waals surface area contributed by atoms with Crippen molar-refractivity contribution < 1.29 is 4.79 Å². The van der Waals surface area contributed by atoms with Gasteiger partial charge in [0.05, 0.1) is 6.04 Å². The Morgan fingerprint density at radius 3 is 2.65 bits per heavy atom. The average molecular weight is 349 g/mol. The summed E-state index contributed by atoms with van der Waals surface area (Å²) in [7, 11) is 0. The molecule has 1 fully saturated rings. The van der Waals surface area contributed by atoms with Gasteiger partial charge in [0, 0.05) is 18.2 Å². The molecule has 23 heavy (non-hydrogen) atoms. The first-order chi connectivity index (χ1) is 10.7. The number of hydrogen-bond donors (Lipinski definition) is 2. The topological polar surface area (TPSA) is 41.1 Å². The molecule has 1 aliphatic rings. The minimum Gasteiger partial charge on any atom is -0.351 e. The van der Waals surface area contributed by atoms with Gasteiger partial charge in [-0.3, -0.25) is 10.1 Å². The van der Waals surface area contributed by atoms with Crippen LogP contribution < -0.4 is 10.6 Å². The van der Waals surface area contributed by atoms with E-state index in [2.05, 4.69) is 66.1 Å². The molecule has 1 atom stereocenters. The fraction of sp³-hybridized carbons (Fsp3) is 0.278. The van der Waals surface area contributed by atoms with Crippen LogP contribution in [0.2, 0.25) is 0 Å². The molecular weight excluding hydrogens is 328 g/mol. The third-order valence-electron chi connectivity index (χ3n) is 3.80. The lowest BCUT2D eigenvalue weighted by molar-refractivity contribution is -0.122. The van der Waals surface area contributed by atoms with E-state index in [1.807, 2.05) is 0 Å². The van der Waals surface area contributed by atoms with E-state index in [0.29, 0.717) is 6.54 Å². The molecule has 3 rings (SSSR count). The van der Waals surface area contributed by atoms with E-state index in [1.54, 1.807) is 11.8 Å². The zero-order valence-electron chi connectivity index (χ0n) is 13.0. The molecule has 2 N–H and O–H groups in total. The van der Waals surface area contributed by atoms with Crippen LogP contribution in [-0.2, 0) is 11.3 Å². The zero-order chi connectivity index (χ0) is 15.4. The molecular formula is C18H21ClN2OS. The first-order valence-electron chi connectivity index (χ1n) is 7.47. The van der Waals surface area contributed by atoms with E-state index in [9.17, 15) is 4.79 Å². The summed E-state index contributed by atoms with van der Waals surface area (Å²) in [6, 6.07) is 16.8. The molecule has 0 radical (unpaired) electrons. The monoisotopic (exact) mass is 348 g/mol. The molecule has 1 amide bonds. The van der Waals surface area contributed by atoms with Gasteiger partial charge in [-0.2, -0.15) is 0 Å². The van der Waals surface area contributed by atoms with E-state index in [0.717, 1.165) is 17.2 Å². The van der Waals surface area contributed by atoms with Crippen molar-refractivity contribution in [2.24, 2.45) is 0 Å². The Morgan fingerprint density at radius 1 is 1.22 bits per heavy atom. The van der Waals surface area contributed by atoms with Crippen molar-refractivity contribution in [3.05, 3.63) is 59.7 Å². The van der Waals surface area contributed by atoms with Crippen LogP contribution in [0.1, 0.15) is 11.1 Å². The second-order valence-corrected chi connectivity index (χ2v) is 6.59. The summed E-state index contributed by atoms with van der Waals surface area (Å²) < 4.78 is 0. The van der Waals surface area contributed by atoms with Crippen molar-refractivity contribution in [1.82, 2.24) is 10.6 Å². The maximum Gasteiger partial charge on any atom is 0.238 e. The van der Waals surface area contributed by atoms with Crippen LogP contribution in [0.15, 0.2) is 48.5 Å². The normalized spacial score (nSPS) is 16.7. The van der Waals surface area contributed by atoms with Gasteiger partial charge >= 0.3 is 0 Å². The summed E-state index contributed by atoms with van der Waals surface area (Å²) in [6.07, 6.45) is 0. The third kappa shape index (κ3) is 4.74. The fourth-order valence-electron chi connectivity index (χ4n) is 2.52. The van der Waals surface area contributed by atoms with E-state index in [4.69, 9.17) is 0 Å². The van der Waals surface area contributed by atoms with Crippen molar-refractivity contribution >= 4 is 30.1 Å². The van der Waals surface area contributed by atoms with Gasteiger partial charge < -0.3 is 5.32 Å². The Morgan fingerprint density at radius 2 is 2.00 bits per heavy atom. The number of hydrogen-bond acceptors (Lipinski definition) is 3. The summed E-state index contributed by atoms with van der Waals surface area (Å²) in [4.78, 5) is 12.0. The van der Waals surface area contributed by atoms with Crippen LogP contribution in [0, 0.1) is 6.92 Å². The predicted molar refractivity (Wildman–Crippen MR) is 100.0 cm³/mol. The SMILES string of the molecule is Cc1cccc(-c2ccc(CNC(=O)C3CSCN3)cc2)c1.Cl.